The fourth-order valence-corrected chi connectivity index (χ4v) is 4.80. The van der Waals surface area contributed by atoms with Crippen LogP contribution in [0.1, 0.15) is 83.1 Å². The standard InChI is InChI=1S/C23H32F2/c1-2-3-17-4-6-18(7-5-17)8-9-19-10-12-20(13-11-19)21-14-15-22(24)23(25)16-21/h12,14-19H,2-11,13H2,1H3/t17-,18-,19?. The minimum absolute atomic E-state index is 0.737. The highest BCUT2D eigenvalue weighted by Crippen LogP contribution is 2.37. The summed E-state index contributed by atoms with van der Waals surface area (Å²) in [4.78, 5) is 0. The molecule has 1 atom stereocenters. The largest absolute Gasteiger partial charge is 0.204 e. The maximum absolute atomic E-state index is 13.4. The van der Waals surface area contributed by atoms with Gasteiger partial charge in [-0.15, -0.1) is 0 Å². The molecular weight excluding hydrogens is 314 g/mol. The molecule has 1 aromatic rings. The molecular formula is C23H32F2. The summed E-state index contributed by atoms with van der Waals surface area (Å²) in [6.45, 7) is 2.30. The van der Waals surface area contributed by atoms with E-state index in [0.29, 0.717) is 0 Å². The summed E-state index contributed by atoms with van der Waals surface area (Å²) in [5.74, 6) is 1.23. The number of allylic oxidation sites excluding steroid dienone is 2. The molecule has 1 saturated carbocycles. The van der Waals surface area contributed by atoms with Crippen LogP contribution < -0.4 is 0 Å². The van der Waals surface area contributed by atoms with E-state index in [1.807, 2.05) is 0 Å². The second-order valence-electron chi connectivity index (χ2n) is 8.25. The summed E-state index contributed by atoms with van der Waals surface area (Å²) in [5.41, 5.74) is 2.04. The summed E-state index contributed by atoms with van der Waals surface area (Å²) in [6, 6.07) is 4.29. The highest BCUT2D eigenvalue weighted by Gasteiger charge is 2.22. The second kappa shape index (κ2) is 8.96. The molecule has 0 saturated heterocycles. The van der Waals surface area contributed by atoms with Crippen LogP contribution in [-0.4, -0.2) is 0 Å². The lowest BCUT2D eigenvalue weighted by atomic mass is 9.76. The third kappa shape index (κ3) is 5.15. The van der Waals surface area contributed by atoms with Crippen molar-refractivity contribution in [2.45, 2.75) is 77.6 Å². The smallest absolute Gasteiger partial charge is 0.159 e. The van der Waals surface area contributed by atoms with E-state index in [4.69, 9.17) is 0 Å². The Hall–Kier alpha value is -1.18. The Morgan fingerprint density at radius 1 is 0.840 bits per heavy atom. The lowest BCUT2D eigenvalue weighted by Crippen LogP contribution is -2.16. The maximum atomic E-state index is 13.4. The topological polar surface area (TPSA) is 0 Å². The van der Waals surface area contributed by atoms with Crippen molar-refractivity contribution in [3.8, 4) is 0 Å². The Morgan fingerprint density at radius 2 is 1.52 bits per heavy atom. The Labute approximate surface area is 151 Å². The molecule has 0 radical (unpaired) electrons. The zero-order valence-corrected chi connectivity index (χ0v) is 15.6. The van der Waals surface area contributed by atoms with Gasteiger partial charge in [0.25, 0.3) is 0 Å². The van der Waals surface area contributed by atoms with Crippen LogP contribution in [-0.2, 0) is 0 Å². The van der Waals surface area contributed by atoms with Crippen molar-refractivity contribution in [1.29, 1.82) is 0 Å². The SMILES string of the molecule is CCC[C@H]1CC[C@H](CCC2CC=C(c3ccc(F)c(F)c3)CC2)CC1. The van der Waals surface area contributed by atoms with Crippen molar-refractivity contribution in [3.63, 3.8) is 0 Å². The van der Waals surface area contributed by atoms with Crippen molar-refractivity contribution >= 4 is 5.57 Å². The molecule has 2 aliphatic carbocycles. The zero-order chi connectivity index (χ0) is 17.6. The van der Waals surface area contributed by atoms with Crippen molar-refractivity contribution in [2.75, 3.05) is 0 Å². The normalized spacial score (nSPS) is 27.2. The van der Waals surface area contributed by atoms with Crippen LogP contribution in [0.5, 0.6) is 0 Å². The number of benzene rings is 1. The molecule has 0 nitrogen and oxygen atoms in total. The predicted octanol–water partition coefficient (Wildman–Crippen LogP) is 7.54. The molecule has 2 aliphatic rings. The Morgan fingerprint density at radius 3 is 2.12 bits per heavy atom. The number of hydrogen-bond donors (Lipinski definition) is 0. The van der Waals surface area contributed by atoms with Crippen LogP contribution in [0.15, 0.2) is 24.3 Å². The van der Waals surface area contributed by atoms with E-state index in [0.717, 1.165) is 36.2 Å². The maximum Gasteiger partial charge on any atom is 0.159 e. The van der Waals surface area contributed by atoms with Gasteiger partial charge in [0.1, 0.15) is 0 Å². The summed E-state index contributed by atoms with van der Waals surface area (Å²) in [7, 11) is 0. The lowest BCUT2D eigenvalue weighted by Gasteiger charge is -2.30. The number of hydrogen-bond acceptors (Lipinski definition) is 0. The van der Waals surface area contributed by atoms with Gasteiger partial charge in [0.2, 0.25) is 0 Å². The average molecular weight is 347 g/mol. The molecule has 0 aliphatic heterocycles. The van der Waals surface area contributed by atoms with E-state index in [9.17, 15) is 8.78 Å². The molecule has 1 unspecified atom stereocenters. The van der Waals surface area contributed by atoms with E-state index in [1.54, 1.807) is 6.07 Å². The van der Waals surface area contributed by atoms with Gasteiger partial charge in [-0.1, -0.05) is 64.0 Å². The van der Waals surface area contributed by atoms with Crippen molar-refractivity contribution in [1.82, 2.24) is 0 Å². The van der Waals surface area contributed by atoms with Crippen LogP contribution in [0.2, 0.25) is 0 Å². The minimum atomic E-state index is -0.758. The van der Waals surface area contributed by atoms with E-state index in [-0.39, 0.29) is 0 Å². The van der Waals surface area contributed by atoms with Gasteiger partial charge < -0.3 is 0 Å². The van der Waals surface area contributed by atoms with Crippen LogP contribution in [0.4, 0.5) is 8.78 Å². The molecule has 25 heavy (non-hydrogen) atoms. The van der Waals surface area contributed by atoms with Gasteiger partial charge in [0.15, 0.2) is 11.6 Å². The van der Waals surface area contributed by atoms with E-state index in [1.165, 1.54) is 75.5 Å². The molecule has 0 N–H and O–H groups in total. The summed E-state index contributed by atoms with van der Waals surface area (Å²) >= 11 is 0. The third-order valence-electron chi connectivity index (χ3n) is 6.46. The number of halogens is 2. The Balaban J connectivity index is 1.43. The van der Waals surface area contributed by atoms with Gasteiger partial charge in [-0.25, -0.2) is 8.78 Å². The monoisotopic (exact) mass is 346 g/mol. The molecule has 138 valence electrons. The Bertz CT molecular complexity index is 582. The highest BCUT2D eigenvalue weighted by atomic mass is 19.2. The van der Waals surface area contributed by atoms with Gasteiger partial charge in [-0.2, -0.15) is 0 Å². The second-order valence-corrected chi connectivity index (χ2v) is 8.25. The summed E-state index contributed by atoms with van der Waals surface area (Å²) in [5, 5.41) is 0. The fourth-order valence-electron chi connectivity index (χ4n) is 4.80. The quantitative estimate of drug-likeness (QED) is 0.499. The van der Waals surface area contributed by atoms with Crippen LogP contribution in [0.25, 0.3) is 5.57 Å². The first kappa shape index (κ1) is 18.6. The molecule has 0 aromatic heterocycles. The van der Waals surface area contributed by atoms with Crippen LogP contribution >= 0.6 is 0 Å². The van der Waals surface area contributed by atoms with Crippen molar-refractivity contribution in [3.05, 3.63) is 41.5 Å². The van der Waals surface area contributed by atoms with Crippen molar-refractivity contribution < 1.29 is 8.78 Å². The van der Waals surface area contributed by atoms with Gasteiger partial charge in [0.05, 0.1) is 0 Å². The van der Waals surface area contributed by atoms with E-state index < -0.39 is 11.6 Å². The molecule has 3 rings (SSSR count). The first-order valence-electron chi connectivity index (χ1n) is 10.3. The Kier molecular flexibility index (Phi) is 6.67. The molecule has 0 spiro atoms. The predicted molar refractivity (Wildman–Crippen MR) is 101 cm³/mol. The van der Waals surface area contributed by atoms with Crippen LogP contribution in [0, 0.1) is 29.4 Å². The van der Waals surface area contributed by atoms with Crippen LogP contribution in [0.3, 0.4) is 0 Å². The number of rotatable bonds is 6. The zero-order valence-electron chi connectivity index (χ0n) is 15.6. The molecule has 1 fully saturated rings. The first-order valence-corrected chi connectivity index (χ1v) is 10.3. The fraction of sp³-hybridized carbons (Fsp3) is 0.652. The summed E-state index contributed by atoms with van der Waals surface area (Å²) in [6.07, 6.45) is 16.8. The molecule has 2 heteroatoms. The highest BCUT2D eigenvalue weighted by molar-refractivity contribution is 5.66. The lowest BCUT2D eigenvalue weighted by molar-refractivity contribution is 0.237. The minimum Gasteiger partial charge on any atom is -0.204 e. The van der Waals surface area contributed by atoms with Gasteiger partial charge in [-0.3, -0.25) is 0 Å². The van der Waals surface area contributed by atoms with Gasteiger partial charge in [0, 0.05) is 0 Å². The van der Waals surface area contributed by atoms with E-state index >= 15 is 0 Å². The average Bonchev–Trinajstić information content (AvgIpc) is 2.64. The summed E-state index contributed by atoms with van der Waals surface area (Å²) < 4.78 is 26.5. The molecule has 1 aromatic carbocycles. The first-order chi connectivity index (χ1) is 12.2. The third-order valence-corrected chi connectivity index (χ3v) is 6.46. The molecule has 0 heterocycles. The van der Waals surface area contributed by atoms with Crippen molar-refractivity contribution in [2.24, 2.45) is 17.8 Å². The van der Waals surface area contributed by atoms with Gasteiger partial charge in [-0.05, 0) is 66.7 Å². The van der Waals surface area contributed by atoms with E-state index in [2.05, 4.69) is 13.0 Å². The molecule has 0 bridgehead atoms. The van der Waals surface area contributed by atoms with Gasteiger partial charge >= 0.3 is 0 Å². The molecule has 0 amide bonds.